The molecule has 0 saturated heterocycles. The molecule has 0 bridgehead atoms. The third-order valence-electron chi connectivity index (χ3n) is 4.82. The van der Waals surface area contributed by atoms with Gasteiger partial charge in [-0.1, -0.05) is 23.3 Å². The van der Waals surface area contributed by atoms with Crippen molar-refractivity contribution >= 4 is 22.8 Å². The topological polar surface area (TPSA) is 86.1 Å². The first-order chi connectivity index (χ1) is 14.6. The molecule has 3 heterocycles. The minimum absolute atomic E-state index is 0.112. The van der Waals surface area contributed by atoms with Gasteiger partial charge in [-0.2, -0.15) is 0 Å². The lowest BCUT2D eigenvalue weighted by Crippen LogP contribution is -2.14. The predicted molar refractivity (Wildman–Crippen MR) is 108 cm³/mol. The molecule has 3 aromatic heterocycles. The summed E-state index contributed by atoms with van der Waals surface area (Å²) in [5, 5.41) is 11.0. The molecule has 0 spiro atoms. The first-order valence-corrected chi connectivity index (χ1v) is 9.13. The minimum Gasteiger partial charge on any atom is -0.459 e. The number of carbonyl (C=O) groups is 1. The van der Waals surface area contributed by atoms with Crippen molar-refractivity contribution in [2.75, 3.05) is 5.32 Å². The summed E-state index contributed by atoms with van der Waals surface area (Å²) in [6, 6.07) is 15.4. The molecule has 0 radical (unpaired) electrons. The molecule has 0 aliphatic rings. The Kier molecular flexibility index (Phi) is 4.17. The van der Waals surface area contributed by atoms with Crippen molar-refractivity contribution in [3.05, 3.63) is 78.4 Å². The van der Waals surface area contributed by atoms with E-state index >= 15 is 4.39 Å². The molecule has 0 saturated carbocycles. The van der Waals surface area contributed by atoms with Gasteiger partial charge in [0.25, 0.3) is 11.8 Å². The van der Waals surface area contributed by atoms with E-state index in [0.717, 1.165) is 10.9 Å². The van der Waals surface area contributed by atoms with Crippen molar-refractivity contribution in [3.63, 3.8) is 0 Å². The molecule has 148 valence electrons. The van der Waals surface area contributed by atoms with Crippen LogP contribution in [0.15, 0.2) is 75.9 Å². The maximum atomic E-state index is 15.2. The average Bonchev–Trinajstić information content (AvgIpc) is 3.49. The van der Waals surface area contributed by atoms with E-state index in [1.54, 1.807) is 24.3 Å². The number of hydrogen-bond donors (Lipinski definition) is 1. The predicted octanol–water partition coefficient (Wildman–Crippen LogP) is 4.88. The number of amides is 1. The molecule has 8 heteroatoms. The van der Waals surface area contributed by atoms with Gasteiger partial charge < -0.3 is 13.4 Å². The van der Waals surface area contributed by atoms with Crippen molar-refractivity contribution < 1.29 is 18.0 Å². The molecular weight excluding hydrogens is 387 g/mol. The summed E-state index contributed by atoms with van der Waals surface area (Å²) >= 11 is 0. The number of nitrogens with one attached hydrogen (secondary N) is 1. The third kappa shape index (κ3) is 3.04. The molecule has 0 aliphatic carbocycles. The lowest BCUT2D eigenvalue weighted by Gasteiger charge is -2.08. The van der Waals surface area contributed by atoms with Gasteiger partial charge in [-0.15, -0.1) is 5.10 Å². The third-order valence-corrected chi connectivity index (χ3v) is 4.82. The van der Waals surface area contributed by atoms with Crippen molar-refractivity contribution in [2.45, 2.75) is 0 Å². The zero-order valence-corrected chi connectivity index (χ0v) is 15.8. The van der Waals surface area contributed by atoms with Crippen LogP contribution in [0.4, 0.5) is 10.4 Å². The van der Waals surface area contributed by atoms with Crippen LogP contribution in [-0.2, 0) is 7.05 Å². The van der Waals surface area contributed by atoms with Crippen LogP contribution in [0.1, 0.15) is 10.4 Å². The molecule has 1 N–H and O–H groups in total. The molecule has 0 fully saturated rings. The monoisotopic (exact) mass is 402 g/mol. The highest BCUT2D eigenvalue weighted by Gasteiger charge is 2.19. The largest absolute Gasteiger partial charge is 0.459 e. The number of carbonyl (C=O) groups excluding carboxylic acids is 1. The maximum Gasteiger partial charge on any atom is 0.322 e. The average molecular weight is 402 g/mol. The van der Waals surface area contributed by atoms with Crippen LogP contribution in [0, 0.1) is 5.82 Å². The van der Waals surface area contributed by atoms with E-state index in [1.165, 1.54) is 12.3 Å². The number of nitrogens with zero attached hydrogens (tertiary/aromatic N) is 3. The molecule has 7 nitrogen and oxygen atoms in total. The molecule has 0 aliphatic heterocycles. The van der Waals surface area contributed by atoms with Gasteiger partial charge in [0.15, 0.2) is 5.76 Å². The number of benzene rings is 2. The van der Waals surface area contributed by atoms with E-state index in [4.69, 9.17) is 8.83 Å². The second-order valence-corrected chi connectivity index (χ2v) is 6.71. The Balaban J connectivity index is 1.44. The minimum atomic E-state index is -0.690. The fourth-order valence-electron chi connectivity index (χ4n) is 3.32. The van der Waals surface area contributed by atoms with Crippen molar-refractivity contribution in [3.8, 4) is 22.8 Å². The van der Waals surface area contributed by atoms with Crippen LogP contribution in [0.3, 0.4) is 0 Å². The van der Waals surface area contributed by atoms with Gasteiger partial charge in [0, 0.05) is 29.7 Å². The second kappa shape index (κ2) is 7.00. The maximum absolute atomic E-state index is 15.2. The smallest absolute Gasteiger partial charge is 0.322 e. The fourth-order valence-corrected chi connectivity index (χ4v) is 3.32. The van der Waals surface area contributed by atoms with E-state index < -0.39 is 11.7 Å². The van der Waals surface area contributed by atoms with Crippen LogP contribution in [0.5, 0.6) is 0 Å². The summed E-state index contributed by atoms with van der Waals surface area (Å²) in [5.74, 6) is -0.839. The molecule has 2 aromatic carbocycles. The van der Waals surface area contributed by atoms with Crippen molar-refractivity contribution in [1.82, 2.24) is 14.8 Å². The van der Waals surface area contributed by atoms with Crippen LogP contribution in [-0.4, -0.2) is 20.7 Å². The molecule has 0 unspecified atom stereocenters. The highest BCUT2D eigenvalue weighted by atomic mass is 19.1. The summed E-state index contributed by atoms with van der Waals surface area (Å²) in [6.45, 7) is 0. The normalized spacial score (nSPS) is 11.1. The van der Waals surface area contributed by atoms with Gasteiger partial charge in [0.1, 0.15) is 5.82 Å². The zero-order valence-electron chi connectivity index (χ0n) is 15.8. The Labute approximate surface area is 169 Å². The van der Waals surface area contributed by atoms with Crippen LogP contribution >= 0.6 is 0 Å². The summed E-state index contributed by atoms with van der Waals surface area (Å²) in [5.41, 5.74) is 1.92. The first-order valence-electron chi connectivity index (χ1n) is 9.13. The molecule has 0 atom stereocenters. The van der Waals surface area contributed by atoms with Gasteiger partial charge >= 0.3 is 6.01 Å². The number of hydrogen-bond acceptors (Lipinski definition) is 5. The lowest BCUT2D eigenvalue weighted by atomic mass is 10.0. The van der Waals surface area contributed by atoms with E-state index in [-0.39, 0.29) is 17.5 Å². The number of furan rings is 1. The van der Waals surface area contributed by atoms with Gasteiger partial charge in [-0.25, -0.2) is 4.39 Å². The van der Waals surface area contributed by atoms with Gasteiger partial charge in [0.2, 0.25) is 0 Å². The zero-order chi connectivity index (χ0) is 20.7. The highest BCUT2D eigenvalue weighted by molar-refractivity contribution is 6.04. The van der Waals surface area contributed by atoms with Gasteiger partial charge in [-0.3, -0.25) is 10.1 Å². The molecule has 1 amide bonds. The Morgan fingerprint density at radius 2 is 2.00 bits per heavy atom. The van der Waals surface area contributed by atoms with Crippen LogP contribution < -0.4 is 5.32 Å². The standard InChI is InChI=1S/C22H15FN4O3/c1-27-10-9-14-12-13(7-8-17(14)27)15-4-2-5-16(19(15)23)20(28)24-22-26-25-21(30-22)18-6-3-11-29-18/h2-12H,1H3,(H,24,26,28). The highest BCUT2D eigenvalue weighted by Crippen LogP contribution is 2.29. The quantitative estimate of drug-likeness (QED) is 0.463. The summed E-state index contributed by atoms with van der Waals surface area (Å²) < 4.78 is 27.7. The van der Waals surface area contributed by atoms with Crippen molar-refractivity contribution in [1.29, 1.82) is 0 Å². The lowest BCUT2D eigenvalue weighted by molar-refractivity contribution is 0.102. The number of halogens is 1. The Hall–Kier alpha value is -4.20. The van der Waals surface area contributed by atoms with E-state index in [1.807, 2.05) is 42.1 Å². The van der Waals surface area contributed by atoms with Crippen LogP contribution in [0.2, 0.25) is 0 Å². The molecule has 30 heavy (non-hydrogen) atoms. The Morgan fingerprint density at radius 3 is 2.83 bits per heavy atom. The van der Waals surface area contributed by atoms with E-state index in [9.17, 15) is 4.79 Å². The van der Waals surface area contributed by atoms with Crippen molar-refractivity contribution in [2.24, 2.45) is 7.05 Å². The molecule has 5 aromatic rings. The SMILES string of the molecule is Cn1ccc2cc(-c3cccc(C(=O)Nc4nnc(-c5ccco5)o4)c3F)ccc21. The number of aryl methyl sites for hydroxylation is 1. The Morgan fingerprint density at radius 1 is 1.10 bits per heavy atom. The fraction of sp³-hybridized carbons (Fsp3) is 0.0455. The molecular formula is C22H15FN4O3. The second-order valence-electron chi connectivity index (χ2n) is 6.71. The van der Waals surface area contributed by atoms with E-state index in [2.05, 4.69) is 15.5 Å². The first kappa shape index (κ1) is 17.9. The summed E-state index contributed by atoms with van der Waals surface area (Å²) in [6.07, 6.45) is 3.40. The number of rotatable bonds is 4. The Bertz CT molecular complexity index is 1370. The number of fused-ring (bicyclic) bond motifs is 1. The van der Waals surface area contributed by atoms with Crippen LogP contribution in [0.25, 0.3) is 33.7 Å². The van der Waals surface area contributed by atoms with Gasteiger partial charge in [-0.05, 0) is 42.0 Å². The van der Waals surface area contributed by atoms with Gasteiger partial charge in [0.05, 0.1) is 11.8 Å². The summed E-state index contributed by atoms with van der Waals surface area (Å²) in [4.78, 5) is 12.6. The van der Waals surface area contributed by atoms with E-state index in [0.29, 0.717) is 16.9 Å². The number of anilines is 1. The summed E-state index contributed by atoms with van der Waals surface area (Å²) in [7, 11) is 1.95. The number of aromatic nitrogens is 3. The molecule has 5 rings (SSSR count).